The van der Waals surface area contributed by atoms with Crippen LogP contribution < -0.4 is 5.32 Å². The van der Waals surface area contributed by atoms with Crippen molar-refractivity contribution in [3.05, 3.63) is 71.5 Å². The van der Waals surface area contributed by atoms with E-state index in [1.54, 1.807) is 11.8 Å². The van der Waals surface area contributed by atoms with Crippen LogP contribution in [0.15, 0.2) is 59.0 Å². The monoisotopic (exact) mass is 353 g/mol. The third kappa shape index (κ3) is 4.26. The first-order valence-electron chi connectivity index (χ1n) is 8.62. The van der Waals surface area contributed by atoms with E-state index in [0.29, 0.717) is 5.76 Å². The van der Waals surface area contributed by atoms with Gasteiger partial charge in [-0.2, -0.15) is 11.8 Å². The number of carbonyl (C=O) groups excluding carboxylic acids is 1. The lowest BCUT2D eigenvalue weighted by Gasteiger charge is -2.11. The van der Waals surface area contributed by atoms with Gasteiger partial charge in [-0.15, -0.1) is 0 Å². The van der Waals surface area contributed by atoms with E-state index >= 15 is 0 Å². The summed E-state index contributed by atoms with van der Waals surface area (Å²) in [7, 11) is 0. The Balaban J connectivity index is 1.81. The zero-order valence-corrected chi connectivity index (χ0v) is 15.4. The zero-order valence-electron chi connectivity index (χ0n) is 14.6. The minimum absolute atomic E-state index is 0.124. The van der Waals surface area contributed by atoms with Gasteiger partial charge in [0.05, 0.1) is 0 Å². The van der Waals surface area contributed by atoms with Gasteiger partial charge in [-0.05, 0) is 25.0 Å². The van der Waals surface area contributed by atoms with E-state index in [9.17, 15) is 4.79 Å². The molecule has 0 saturated carbocycles. The fourth-order valence-electron chi connectivity index (χ4n) is 2.66. The average Bonchev–Trinajstić information content (AvgIpc) is 3.01. The number of hydrogen-bond donors (Lipinski definition) is 1. The summed E-state index contributed by atoms with van der Waals surface area (Å²) in [6.45, 7) is 4.06. The van der Waals surface area contributed by atoms with Gasteiger partial charge in [0.15, 0.2) is 5.76 Å². The van der Waals surface area contributed by atoms with Crippen LogP contribution in [0.5, 0.6) is 0 Å². The fourth-order valence-corrected chi connectivity index (χ4v) is 3.68. The normalized spacial score (nSPS) is 12.2. The second-order valence-electron chi connectivity index (χ2n) is 6.17. The molecule has 4 heteroatoms. The first-order chi connectivity index (χ1) is 12.2. The molecule has 0 aliphatic rings. The molecule has 25 heavy (non-hydrogen) atoms. The molecule has 3 rings (SSSR count). The highest BCUT2D eigenvalue weighted by Crippen LogP contribution is 2.30. The minimum atomic E-state index is -0.124. The van der Waals surface area contributed by atoms with Gasteiger partial charge in [-0.1, -0.05) is 55.5 Å². The Morgan fingerprint density at radius 3 is 2.56 bits per heavy atom. The van der Waals surface area contributed by atoms with Crippen molar-refractivity contribution in [2.75, 3.05) is 0 Å². The van der Waals surface area contributed by atoms with Crippen molar-refractivity contribution in [2.45, 2.75) is 37.8 Å². The fraction of sp³-hybridized carbons (Fsp3) is 0.286. The van der Waals surface area contributed by atoms with Crippen molar-refractivity contribution < 1.29 is 9.21 Å². The summed E-state index contributed by atoms with van der Waals surface area (Å²) in [6.07, 6.45) is 0.893. The number of thioether (sulfide) groups is 1. The van der Waals surface area contributed by atoms with Crippen LogP contribution in [-0.2, 0) is 11.5 Å². The molecule has 3 nitrogen and oxygen atoms in total. The highest BCUT2D eigenvalue weighted by atomic mass is 32.2. The van der Waals surface area contributed by atoms with Gasteiger partial charge < -0.3 is 9.73 Å². The van der Waals surface area contributed by atoms with Crippen molar-refractivity contribution in [1.82, 2.24) is 5.32 Å². The molecule has 130 valence electrons. The molecule has 1 amide bonds. The second-order valence-corrected chi connectivity index (χ2v) is 7.15. The van der Waals surface area contributed by atoms with Crippen LogP contribution in [-0.4, -0.2) is 11.9 Å². The topological polar surface area (TPSA) is 42.2 Å². The Bertz CT molecular complexity index is 841. The van der Waals surface area contributed by atoms with E-state index in [1.807, 2.05) is 49.4 Å². The minimum Gasteiger partial charge on any atom is -0.451 e. The quantitative estimate of drug-likeness (QED) is 0.619. The molecule has 0 spiro atoms. The molecule has 3 aromatic rings. The van der Waals surface area contributed by atoms with Gasteiger partial charge in [-0.25, -0.2) is 0 Å². The molecule has 1 N–H and O–H groups in total. The van der Waals surface area contributed by atoms with E-state index in [-0.39, 0.29) is 11.9 Å². The molecule has 0 aliphatic heterocycles. The summed E-state index contributed by atoms with van der Waals surface area (Å²) < 4.78 is 5.88. The Morgan fingerprint density at radius 1 is 1.08 bits per heavy atom. The number of nitrogens with one attached hydrogen (secondary N) is 1. The molecule has 0 fully saturated rings. The molecule has 1 aromatic heterocycles. The SMILES string of the molecule is CC[C@@H](C)NC(=O)c1oc2ccccc2c1CSCc1ccccc1. The van der Waals surface area contributed by atoms with Crippen molar-refractivity contribution in [3.8, 4) is 0 Å². The third-order valence-corrected chi connectivity index (χ3v) is 5.28. The zero-order chi connectivity index (χ0) is 17.6. The molecule has 0 radical (unpaired) electrons. The molecule has 1 atom stereocenters. The molecule has 0 bridgehead atoms. The van der Waals surface area contributed by atoms with Crippen molar-refractivity contribution >= 4 is 28.6 Å². The lowest BCUT2D eigenvalue weighted by Crippen LogP contribution is -2.32. The van der Waals surface area contributed by atoms with Gasteiger partial charge >= 0.3 is 0 Å². The molecular weight excluding hydrogens is 330 g/mol. The number of rotatable bonds is 7. The van der Waals surface area contributed by atoms with Gasteiger partial charge in [0.25, 0.3) is 5.91 Å². The smallest absolute Gasteiger partial charge is 0.287 e. The van der Waals surface area contributed by atoms with E-state index in [1.165, 1.54) is 5.56 Å². The maximum Gasteiger partial charge on any atom is 0.287 e. The lowest BCUT2D eigenvalue weighted by molar-refractivity contribution is 0.0912. The number of hydrogen-bond acceptors (Lipinski definition) is 3. The maximum absolute atomic E-state index is 12.6. The number of carbonyl (C=O) groups is 1. The van der Waals surface area contributed by atoms with Gasteiger partial charge in [0.1, 0.15) is 5.58 Å². The predicted octanol–water partition coefficient (Wildman–Crippen LogP) is 5.39. The molecular formula is C21H23NO2S. The summed E-state index contributed by atoms with van der Waals surface area (Å²) in [6, 6.07) is 18.4. The predicted molar refractivity (Wildman–Crippen MR) is 105 cm³/mol. The average molecular weight is 353 g/mol. The number of fused-ring (bicyclic) bond motifs is 1. The summed E-state index contributed by atoms with van der Waals surface area (Å²) >= 11 is 1.80. The van der Waals surface area contributed by atoms with Crippen LogP contribution in [0.2, 0.25) is 0 Å². The lowest BCUT2D eigenvalue weighted by atomic mass is 10.1. The van der Waals surface area contributed by atoms with Crippen molar-refractivity contribution in [2.24, 2.45) is 0 Å². The van der Waals surface area contributed by atoms with Gasteiger partial charge in [-0.3, -0.25) is 4.79 Å². The molecule has 1 heterocycles. The standard InChI is InChI=1S/C21H23NO2S/c1-3-15(2)22-21(23)20-18(17-11-7-8-12-19(17)24-20)14-25-13-16-9-5-4-6-10-16/h4-12,15H,3,13-14H2,1-2H3,(H,22,23)/t15-/m1/s1. The van der Waals surface area contributed by atoms with Crippen LogP contribution in [0.4, 0.5) is 0 Å². The summed E-state index contributed by atoms with van der Waals surface area (Å²) in [5.41, 5.74) is 3.04. The Hall–Kier alpha value is -2.20. The second kappa shape index (κ2) is 8.26. The van der Waals surface area contributed by atoms with Crippen molar-refractivity contribution in [1.29, 1.82) is 0 Å². The number of furan rings is 1. The van der Waals surface area contributed by atoms with E-state index < -0.39 is 0 Å². The van der Waals surface area contributed by atoms with Gasteiger partial charge in [0, 0.05) is 28.5 Å². The number of para-hydroxylation sites is 1. The maximum atomic E-state index is 12.6. The van der Waals surface area contributed by atoms with Crippen LogP contribution in [0.1, 0.15) is 41.9 Å². The Labute approximate surface area is 152 Å². The van der Waals surface area contributed by atoms with E-state index in [4.69, 9.17) is 4.42 Å². The van der Waals surface area contributed by atoms with Gasteiger partial charge in [0.2, 0.25) is 0 Å². The van der Waals surface area contributed by atoms with Crippen LogP contribution in [0.3, 0.4) is 0 Å². The number of benzene rings is 2. The first-order valence-corrected chi connectivity index (χ1v) is 9.77. The van der Waals surface area contributed by atoms with Crippen LogP contribution >= 0.6 is 11.8 Å². The summed E-state index contributed by atoms with van der Waals surface area (Å²) in [5, 5.41) is 4.04. The first kappa shape index (κ1) is 17.6. The molecule has 2 aromatic carbocycles. The number of amides is 1. The molecule has 0 aliphatic carbocycles. The highest BCUT2D eigenvalue weighted by molar-refractivity contribution is 7.97. The highest BCUT2D eigenvalue weighted by Gasteiger charge is 2.21. The Kier molecular flexibility index (Phi) is 5.82. The van der Waals surface area contributed by atoms with E-state index in [2.05, 4.69) is 24.4 Å². The Morgan fingerprint density at radius 2 is 1.80 bits per heavy atom. The molecule has 0 unspecified atom stereocenters. The summed E-state index contributed by atoms with van der Waals surface area (Å²) in [4.78, 5) is 12.6. The van der Waals surface area contributed by atoms with Crippen molar-refractivity contribution in [3.63, 3.8) is 0 Å². The van der Waals surface area contributed by atoms with Crippen LogP contribution in [0, 0.1) is 0 Å². The van der Waals surface area contributed by atoms with Crippen LogP contribution in [0.25, 0.3) is 11.0 Å². The largest absolute Gasteiger partial charge is 0.451 e. The van der Waals surface area contributed by atoms with E-state index in [0.717, 1.165) is 34.5 Å². The summed E-state index contributed by atoms with van der Waals surface area (Å²) in [5.74, 6) is 1.98. The third-order valence-electron chi connectivity index (χ3n) is 4.25. The molecule has 0 saturated heterocycles.